The number of ether oxygens (including phenoxy) is 1. The minimum absolute atomic E-state index is 0.167. The number of benzene rings is 2. The van der Waals surface area contributed by atoms with E-state index in [1.54, 1.807) is 18.2 Å². The molecule has 0 radical (unpaired) electrons. The summed E-state index contributed by atoms with van der Waals surface area (Å²) in [5.41, 5.74) is 1.56. The maximum Gasteiger partial charge on any atom is 0.293 e. The van der Waals surface area contributed by atoms with Gasteiger partial charge in [-0.3, -0.25) is 14.5 Å². The highest BCUT2D eigenvalue weighted by molar-refractivity contribution is 8.18. The lowest BCUT2D eigenvalue weighted by Gasteiger charge is -2.13. The van der Waals surface area contributed by atoms with Crippen LogP contribution in [0.5, 0.6) is 5.75 Å². The number of amides is 2. The van der Waals surface area contributed by atoms with Crippen molar-refractivity contribution in [3.8, 4) is 5.75 Å². The second-order valence-corrected chi connectivity index (χ2v) is 6.77. The zero-order valence-corrected chi connectivity index (χ0v) is 15.1. The quantitative estimate of drug-likeness (QED) is 0.694. The van der Waals surface area contributed by atoms with Gasteiger partial charge in [-0.2, -0.15) is 0 Å². The number of hydrogen-bond donors (Lipinski definition) is 0. The topological polar surface area (TPSA) is 46.6 Å². The first kappa shape index (κ1) is 17.6. The Labute approximate surface area is 155 Å². The molecule has 6 heteroatoms. The summed E-state index contributed by atoms with van der Waals surface area (Å²) in [6, 6.07) is 14.6. The van der Waals surface area contributed by atoms with Crippen molar-refractivity contribution in [2.45, 2.75) is 13.5 Å². The lowest BCUT2D eigenvalue weighted by Crippen LogP contribution is -2.27. The van der Waals surface area contributed by atoms with Gasteiger partial charge in [-0.15, -0.1) is 0 Å². The summed E-state index contributed by atoms with van der Waals surface area (Å²) in [5.74, 6) is 0.420. The summed E-state index contributed by atoms with van der Waals surface area (Å²) in [6.07, 6.45) is 1.71. The molecule has 25 heavy (non-hydrogen) atoms. The molecule has 0 aliphatic carbocycles. The predicted octanol–water partition coefficient (Wildman–Crippen LogP) is 4.98. The minimum atomic E-state index is -0.309. The highest BCUT2D eigenvalue weighted by Crippen LogP contribution is 2.34. The van der Waals surface area contributed by atoms with Crippen LogP contribution in [0, 0.1) is 0 Å². The maximum absolute atomic E-state index is 12.6. The van der Waals surface area contributed by atoms with E-state index in [1.807, 2.05) is 43.3 Å². The van der Waals surface area contributed by atoms with Crippen molar-refractivity contribution in [1.82, 2.24) is 4.90 Å². The lowest BCUT2D eigenvalue weighted by molar-refractivity contribution is -0.123. The first-order valence-corrected chi connectivity index (χ1v) is 8.99. The van der Waals surface area contributed by atoms with Gasteiger partial charge in [0.2, 0.25) is 0 Å². The molecule has 2 amide bonds. The van der Waals surface area contributed by atoms with Crippen LogP contribution in [-0.4, -0.2) is 22.7 Å². The van der Waals surface area contributed by atoms with Crippen LogP contribution in [0.4, 0.5) is 4.79 Å². The Morgan fingerprint density at radius 2 is 1.96 bits per heavy atom. The molecule has 1 saturated heterocycles. The fourth-order valence-electron chi connectivity index (χ4n) is 2.45. The van der Waals surface area contributed by atoms with Gasteiger partial charge in [0.05, 0.1) is 18.1 Å². The van der Waals surface area contributed by atoms with Gasteiger partial charge in [-0.25, -0.2) is 0 Å². The summed E-state index contributed by atoms with van der Waals surface area (Å²) in [7, 11) is 0. The summed E-state index contributed by atoms with van der Waals surface area (Å²) in [6.45, 7) is 2.64. The van der Waals surface area contributed by atoms with E-state index in [2.05, 4.69) is 0 Å². The summed E-state index contributed by atoms with van der Waals surface area (Å²) < 4.78 is 5.46. The molecule has 0 bridgehead atoms. The smallest absolute Gasteiger partial charge is 0.293 e. The molecule has 1 aliphatic heterocycles. The van der Waals surface area contributed by atoms with Gasteiger partial charge >= 0.3 is 0 Å². The van der Waals surface area contributed by atoms with Crippen molar-refractivity contribution in [2.24, 2.45) is 0 Å². The fraction of sp³-hybridized carbons (Fsp3) is 0.158. The highest BCUT2D eigenvalue weighted by atomic mass is 35.5. The van der Waals surface area contributed by atoms with Crippen LogP contribution in [0.3, 0.4) is 0 Å². The van der Waals surface area contributed by atoms with E-state index in [0.717, 1.165) is 28.6 Å². The number of carbonyl (C=O) groups excluding carboxylic acids is 2. The number of hydrogen-bond acceptors (Lipinski definition) is 4. The molecule has 128 valence electrons. The van der Waals surface area contributed by atoms with E-state index >= 15 is 0 Å². The molecule has 0 unspecified atom stereocenters. The standard InChI is InChI=1S/C19H16ClNO3S/c1-2-24-15-8-5-6-13(10-15)11-17-18(22)21(19(23)25-17)12-14-7-3-4-9-16(14)20/h3-11H,2,12H2,1H3/b17-11-. The third kappa shape index (κ3) is 4.06. The van der Waals surface area contributed by atoms with E-state index in [9.17, 15) is 9.59 Å². The van der Waals surface area contributed by atoms with Crippen molar-refractivity contribution in [3.63, 3.8) is 0 Å². The van der Waals surface area contributed by atoms with E-state index in [4.69, 9.17) is 16.3 Å². The molecule has 0 spiro atoms. The summed E-state index contributed by atoms with van der Waals surface area (Å²) in [4.78, 5) is 26.4. The van der Waals surface area contributed by atoms with Gasteiger partial charge in [0, 0.05) is 5.02 Å². The number of thioether (sulfide) groups is 1. The molecule has 1 aliphatic rings. The summed E-state index contributed by atoms with van der Waals surface area (Å²) >= 11 is 7.06. The first-order valence-electron chi connectivity index (χ1n) is 7.80. The van der Waals surface area contributed by atoms with Crippen LogP contribution >= 0.6 is 23.4 Å². The first-order chi connectivity index (χ1) is 12.1. The molecular formula is C19H16ClNO3S. The number of rotatable bonds is 5. The van der Waals surface area contributed by atoms with E-state index in [-0.39, 0.29) is 17.7 Å². The number of carbonyl (C=O) groups is 2. The second kappa shape index (κ2) is 7.76. The Morgan fingerprint density at radius 1 is 1.16 bits per heavy atom. The predicted molar refractivity (Wildman–Crippen MR) is 101 cm³/mol. The molecule has 2 aromatic rings. The van der Waals surface area contributed by atoms with Crippen molar-refractivity contribution in [3.05, 3.63) is 69.6 Å². The zero-order chi connectivity index (χ0) is 17.8. The largest absolute Gasteiger partial charge is 0.494 e. The van der Waals surface area contributed by atoms with Crippen molar-refractivity contribution >= 4 is 40.6 Å². The lowest BCUT2D eigenvalue weighted by atomic mass is 10.2. The van der Waals surface area contributed by atoms with Gasteiger partial charge in [-0.05, 0) is 54.1 Å². The number of halogens is 1. The molecule has 1 heterocycles. The highest BCUT2D eigenvalue weighted by Gasteiger charge is 2.35. The Balaban J connectivity index is 1.81. The third-order valence-corrected chi connectivity index (χ3v) is 4.90. The molecule has 0 aromatic heterocycles. The number of imide groups is 1. The van der Waals surface area contributed by atoms with Gasteiger partial charge in [0.15, 0.2) is 0 Å². The monoisotopic (exact) mass is 373 g/mol. The third-order valence-electron chi connectivity index (χ3n) is 3.63. The van der Waals surface area contributed by atoms with E-state index < -0.39 is 0 Å². The Bertz CT molecular complexity index is 850. The molecule has 0 N–H and O–H groups in total. The maximum atomic E-state index is 12.6. The molecule has 2 aromatic carbocycles. The van der Waals surface area contributed by atoms with Gasteiger partial charge in [0.25, 0.3) is 11.1 Å². The van der Waals surface area contributed by atoms with Crippen LogP contribution < -0.4 is 4.74 Å². The van der Waals surface area contributed by atoms with Crippen molar-refractivity contribution in [1.29, 1.82) is 0 Å². The average Bonchev–Trinajstić information content (AvgIpc) is 2.85. The van der Waals surface area contributed by atoms with Crippen LogP contribution in [0.1, 0.15) is 18.1 Å². The Morgan fingerprint density at radius 3 is 2.72 bits per heavy atom. The Kier molecular flexibility index (Phi) is 5.46. The van der Waals surface area contributed by atoms with Crippen molar-refractivity contribution < 1.29 is 14.3 Å². The fourth-order valence-corrected chi connectivity index (χ4v) is 3.48. The van der Waals surface area contributed by atoms with Gasteiger partial charge in [0.1, 0.15) is 5.75 Å². The SMILES string of the molecule is CCOc1cccc(/C=C2\SC(=O)N(Cc3ccccc3Cl)C2=O)c1. The molecule has 0 atom stereocenters. The van der Waals surface area contributed by atoms with Crippen LogP contribution in [-0.2, 0) is 11.3 Å². The normalized spacial score (nSPS) is 15.9. The molecule has 3 rings (SSSR count). The van der Waals surface area contributed by atoms with Gasteiger partial charge in [-0.1, -0.05) is 41.9 Å². The van der Waals surface area contributed by atoms with Gasteiger partial charge < -0.3 is 4.74 Å². The van der Waals surface area contributed by atoms with E-state index in [1.165, 1.54) is 4.90 Å². The van der Waals surface area contributed by atoms with Crippen LogP contribution in [0.2, 0.25) is 5.02 Å². The zero-order valence-electron chi connectivity index (χ0n) is 13.6. The molecule has 4 nitrogen and oxygen atoms in total. The average molecular weight is 374 g/mol. The summed E-state index contributed by atoms with van der Waals surface area (Å²) in [5, 5.41) is 0.243. The Hall–Kier alpha value is -2.24. The minimum Gasteiger partial charge on any atom is -0.494 e. The van der Waals surface area contributed by atoms with Crippen LogP contribution in [0.15, 0.2) is 53.4 Å². The molecule has 0 saturated carbocycles. The second-order valence-electron chi connectivity index (χ2n) is 5.36. The van der Waals surface area contributed by atoms with E-state index in [0.29, 0.717) is 16.5 Å². The van der Waals surface area contributed by atoms with Crippen LogP contribution in [0.25, 0.3) is 6.08 Å². The number of nitrogens with zero attached hydrogens (tertiary/aromatic N) is 1. The molecular weight excluding hydrogens is 358 g/mol. The molecule has 1 fully saturated rings. The van der Waals surface area contributed by atoms with Crippen molar-refractivity contribution in [2.75, 3.05) is 6.61 Å².